The number of benzene rings is 1. The molecule has 2 fully saturated rings. The molecule has 25 heavy (non-hydrogen) atoms. The average Bonchev–Trinajstić information content (AvgIpc) is 3.13. The molecule has 0 aromatic heterocycles. The first-order valence-electron chi connectivity index (χ1n) is 9.61. The summed E-state index contributed by atoms with van der Waals surface area (Å²) in [6.07, 6.45) is 3.63. The Hall–Kier alpha value is -1.55. The van der Waals surface area contributed by atoms with Gasteiger partial charge in [-0.3, -0.25) is 4.79 Å². The van der Waals surface area contributed by atoms with E-state index in [2.05, 4.69) is 32.9 Å². The number of amides is 1. The number of ether oxygens (including phenoxy) is 1. The molecule has 3 rings (SSSR count). The van der Waals surface area contributed by atoms with Crippen LogP contribution in [0.1, 0.15) is 52.0 Å². The van der Waals surface area contributed by atoms with E-state index in [0.717, 1.165) is 31.7 Å². The summed E-state index contributed by atoms with van der Waals surface area (Å²) < 4.78 is 5.79. The molecule has 0 radical (unpaired) electrons. The molecule has 2 aliphatic rings. The van der Waals surface area contributed by atoms with Crippen molar-refractivity contribution >= 4 is 5.91 Å². The van der Waals surface area contributed by atoms with Crippen LogP contribution < -0.4 is 10.5 Å². The van der Waals surface area contributed by atoms with Gasteiger partial charge < -0.3 is 15.4 Å². The van der Waals surface area contributed by atoms with Gasteiger partial charge in [-0.15, -0.1) is 0 Å². The Balaban J connectivity index is 1.38. The summed E-state index contributed by atoms with van der Waals surface area (Å²) in [6, 6.07) is 8.57. The molecule has 1 aromatic rings. The van der Waals surface area contributed by atoms with E-state index in [9.17, 15) is 4.79 Å². The molecular weight excluding hydrogens is 312 g/mol. The van der Waals surface area contributed by atoms with Gasteiger partial charge in [0, 0.05) is 25.6 Å². The molecule has 2 N–H and O–H groups in total. The molecule has 1 aliphatic carbocycles. The number of rotatable bonds is 5. The van der Waals surface area contributed by atoms with Crippen molar-refractivity contribution in [2.45, 2.75) is 57.9 Å². The third-order valence-electron chi connectivity index (χ3n) is 5.79. The van der Waals surface area contributed by atoms with Gasteiger partial charge in [-0.2, -0.15) is 0 Å². The van der Waals surface area contributed by atoms with E-state index in [0.29, 0.717) is 30.9 Å². The van der Waals surface area contributed by atoms with Crippen LogP contribution in [-0.2, 0) is 10.2 Å². The van der Waals surface area contributed by atoms with Crippen molar-refractivity contribution in [1.29, 1.82) is 0 Å². The van der Waals surface area contributed by atoms with E-state index >= 15 is 0 Å². The van der Waals surface area contributed by atoms with E-state index in [1.54, 1.807) is 0 Å². The van der Waals surface area contributed by atoms with Crippen molar-refractivity contribution in [3.8, 4) is 5.75 Å². The van der Waals surface area contributed by atoms with Crippen LogP contribution in [0.4, 0.5) is 0 Å². The molecule has 1 aromatic carbocycles. The SMILES string of the molecule is CC(C)(C)c1ccc(OCCCC(=O)N2CC3CCC(N)C3C2)cc1. The summed E-state index contributed by atoms with van der Waals surface area (Å²) >= 11 is 0. The van der Waals surface area contributed by atoms with Crippen molar-refractivity contribution in [3.05, 3.63) is 29.8 Å². The lowest BCUT2D eigenvalue weighted by molar-refractivity contribution is -0.130. The quantitative estimate of drug-likeness (QED) is 0.834. The fraction of sp³-hybridized carbons (Fsp3) is 0.667. The second-order valence-corrected chi connectivity index (χ2v) is 8.69. The molecule has 1 heterocycles. The lowest BCUT2D eigenvalue weighted by Gasteiger charge is -2.19. The number of carbonyl (C=O) groups excluding carboxylic acids is 1. The fourth-order valence-corrected chi connectivity index (χ4v) is 4.13. The maximum absolute atomic E-state index is 12.4. The first kappa shape index (κ1) is 18.2. The Labute approximate surface area is 151 Å². The molecule has 0 spiro atoms. The molecule has 1 aliphatic heterocycles. The molecule has 3 atom stereocenters. The number of hydrogen-bond donors (Lipinski definition) is 1. The number of carbonyl (C=O) groups is 1. The van der Waals surface area contributed by atoms with Crippen molar-refractivity contribution in [2.24, 2.45) is 17.6 Å². The number of likely N-dealkylation sites (tertiary alicyclic amines) is 1. The Bertz CT molecular complexity index is 591. The van der Waals surface area contributed by atoms with Crippen LogP contribution in [0.5, 0.6) is 5.75 Å². The molecule has 4 heteroatoms. The molecular formula is C21H32N2O2. The fourth-order valence-electron chi connectivity index (χ4n) is 4.13. The second kappa shape index (κ2) is 7.36. The Morgan fingerprint density at radius 1 is 1.20 bits per heavy atom. The minimum absolute atomic E-state index is 0.154. The van der Waals surface area contributed by atoms with E-state index in [1.165, 1.54) is 12.0 Å². The van der Waals surface area contributed by atoms with Gasteiger partial charge in [0.15, 0.2) is 0 Å². The summed E-state index contributed by atoms with van der Waals surface area (Å²) in [7, 11) is 0. The minimum atomic E-state index is 0.154. The molecule has 0 bridgehead atoms. The lowest BCUT2D eigenvalue weighted by Crippen LogP contribution is -2.33. The van der Waals surface area contributed by atoms with E-state index < -0.39 is 0 Å². The van der Waals surface area contributed by atoms with E-state index in [-0.39, 0.29) is 11.3 Å². The summed E-state index contributed by atoms with van der Waals surface area (Å²) in [4.78, 5) is 14.4. The van der Waals surface area contributed by atoms with Crippen LogP contribution in [0.2, 0.25) is 0 Å². The topological polar surface area (TPSA) is 55.6 Å². The standard InChI is InChI=1S/C21H32N2O2/c1-21(2,3)16-7-9-17(10-8-16)25-12-4-5-20(24)23-13-15-6-11-19(22)18(15)14-23/h7-10,15,18-19H,4-6,11-14,22H2,1-3H3. The predicted molar refractivity (Wildman–Crippen MR) is 101 cm³/mol. The van der Waals surface area contributed by atoms with Gasteiger partial charge >= 0.3 is 0 Å². The monoisotopic (exact) mass is 344 g/mol. The number of fused-ring (bicyclic) bond motifs is 1. The lowest BCUT2D eigenvalue weighted by atomic mass is 9.87. The molecule has 138 valence electrons. The predicted octanol–water partition coefficient (Wildman–Crippen LogP) is 3.34. The van der Waals surface area contributed by atoms with Crippen LogP contribution in [0.3, 0.4) is 0 Å². The molecule has 4 nitrogen and oxygen atoms in total. The summed E-state index contributed by atoms with van der Waals surface area (Å²) in [6.45, 7) is 8.96. The van der Waals surface area contributed by atoms with Crippen molar-refractivity contribution in [2.75, 3.05) is 19.7 Å². The zero-order valence-corrected chi connectivity index (χ0v) is 15.8. The van der Waals surface area contributed by atoms with Gasteiger partial charge in [-0.1, -0.05) is 32.9 Å². The van der Waals surface area contributed by atoms with Crippen molar-refractivity contribution in [1.82, 2.24) is 4.90 Å². The Morgan fingerprint density at radius 3 is 2.56 bits per heavy atom. The van der Waals surface area contributed by atoms with Crippen molar-refractivity contribution < 1.29 is 9.53 Å². The van der Waals surface area contributed by atoms with Gasteiger partial charge in [0.2, 0.25) is 5.91 Å². The highest BCUT2D eigenvalue weighted by Crippen LogP contribution is 2.37. The maximum atomic E-state index is 12.4. The third kappa shape index (κ3) is 4.35. The summed E-state index contributed by atoms with van der Waals surface area (Å²) in [5, 5.41) is 0. The minimum Gasteiger partial charge on any atom is -0.494 e. The normalized spacial score (nSPS) is 25.9. The van der Waals surface area contributed by atoms with Gasteiger partial charge in [-0.05, 0) is 54.2 Å². The van der Waals surface area contributed by atoms with Crippen LogP contribution in [0.15, 0.2) is 24.3 Å². The van der Waals surface area contributed by atoms with E-state index in [1.807, 2.05) is 17.0 Å². The van der Waals surface area contributed by atoms with Crippen LogP contribution in [-0.4, -0.2) is 36.5 Å². The smallest absolute Gasteiger partial charge is 0.222 e. The average molecular weight is 344 g/mol. The Kier molecular flexibility index (Phi) is 5.38. The molecule has 1 saturated heterocycles. The Morgan fingerprint density at radius 2 is 1.92 bits per heavy atom. The highest BCUT2D eigenvalue weighted by Gasteiger charge is 2.42. The van der Waals surface area contributed by atoms with Crippen LogP contribution in [0.25, 0.3) is 0 Å². The van der Waals surface area contributed by atoms with Gasteiger partial charge in [0.05, 0.1) is 6.61 Å². The van der Waals surface area contributed by atoms with Crippen LogP contribution in [0, 0.1) is 11.8 Å². The molecule has 3 unspecified atom stereocenters. The highest BCUT2D eigenvalue weighted by atomic mass is 16.5. The third-order valence-corrected chi connectivity index (χ3v) is 5.79. The van der Waals surface area contributed by atoms with Gasteiger partial charge in [0.25, 0.3) is 0 Å². The molecule has 1 saturated carbocycles. The summed E-state index contributed by atoms with van der Waals surface area (Å²) in [5.41, 5.74) is 7.60. The van der Waals surface area contributed by atoms with Gasteiger partial charge in [0.1, 0.15) is 5.75 Å². The van der Waals surface area contributed by atoms with Crippen LogP contribution >= 0.6 is 0 Å². The number of nitrogens with zero attached hydrogens (tertiary/aromatic N) is 1. The largest absolute Gasteiger partial charge is 0.494 e. The zero-order chi connectivity index (χ0) is 18.0. The molecule has 1 amide bonds. The highest BCUT2D eigenvalue weighted by molar-refractivity contribution is 5.76. The second-order valence-electron chi connectivity index (χ2n) is 8.69. The zero-order valence-electron chi connectivity index (χ0n) is 15.8. The number of nitrogens with two attached hydrogens (primary N) is 1. The summed E-state index contributed by atoms with van der Waals surface area (Å²) in [5.74, 6) is 2.30. The number of hydrogen-bond acceptors (Lipinski definition) is 3. The van der Waals surface area contributed by atoms with Crippen molar-refractivity contribution in [3.63, 3.8) is 0 Å². The van der Waals surface area contributed by atoms with E-state index in [4.69, 9.17) is 10.5 Å². The first-order valence-corrected chi connectivity index (χ1v) is 9.61. The first-order chi connectivity index (χ1) is 11.8. The maximum Gasteiger partial charge on any atom is 0.222 e. The van der Waals surface area contributed by atoms with Gasteiger partial charge in [-0.25, -0.2) is 0 Å².